The average Bonchev–Trinajstić information content (AvgIpc) is 2.40. The molecule has 1 aromatic carbocycles. The largest absolute Gasteiger partial charge is 0.618 e. The van der Waals surface area contributed by atoms with Crippen molar-refractivity contribution in [3.8, 4) is 5.75 Å². The number of aromatic nitrogens is 1. The molecule has 21 heavy (non-hydrogen) atoms. The molecule has 0 saturated heterocycles. The molecule has 0 bridgehead atoms. The molecule has 0 aliphatic carbocycles. The van der Waals surface area contributed by atoms with Gasteiger partial charge in [-0.2, -0.15) is 4.73 Å². The Morgan fingerprint density at radius 1 is 1.29 bits per heavy atom. The van der Waals surface area contributed by atoms with E-state index in [9.17, 15) is 5.21 Å². The van der Waals surface area contributed by atoms with Gasteiger partial charge in [0.15, 0.2) is 11.9 Å². The molecule has 5 heteroatoms. The summed E-state index contributed by atoms with van der Waals surface area (Å²) in [6.07, 6.45) is 1.48. The predicted octanol–water partition coefficient (Wildman–Crippen LogP) is 3.36. The highest BCUT2D eigenvalue weighted by Crippen LogP contribution is 2.35. The van der Waals surface area contributed by atoms with Crippen LogP contribution in [0.4, 0.5) is 0 Å². The highest BCUT2D eigenvalue weighted by Gasteiger charge is 2.32. The highest BCUT2D eigenvalue weighted by molar-refractivity contribution is 9.10. The van der Waals surface area contributed by atoms with Crippen LogP contribution in [0.2, 0.25) is 0 Å². The van der Waals surface area contributed by atoms with Gasteiger partial charge in [-0.25, -0.2) is 4.99 Å². The van der Waals surface area contributed by atoms with Crippen molar-refractivity contribution in [1.29, 1.82) is 0 Å². The fourth-order valence-corrected chi connectivity index (χ4v) is 2.70. The lowest BCUT2D eigenvalue weighted by molar-refractivity contribution is -0.606. The fraction of sp³-hybridized carbons (Fsp3) is 0.250. The van der Waals surface area contributed by atoms with E-state index < -0.39 is 5.72 Å². The summed E-state index contributed by atoms with van der Waals surface area (Å²) in [5.41, 5.74) is 2.37. The average molecular weight is 347 g/mol. The van der Waals surface area contributed by atoms with Crippen LogP contribution in [-0.4, -0.2) is 11.4 Å². The third-order valence-corrected chi connectivity index (χ3v) is 4.18. The van der Waals surface area contributed by atoms with E-state index in [-0.39, 0.29) is 0 Å². The number of ether oxygens (including phenoxy) is 1. The van der Waals surface area contributed by atoms with Crippen molar-refractivity contribution < 1.29 is 9.47 Å². The van der Waals surface area contributed by atoms with Gasteiger partial charge in [-0.3, -0.25) is 0 Å². The molecule has 4 nitrogen and oxygen atoms in total. The minimum Gasteiger partial charge on any atom is -0.618 e. The van der Waals surface area contributed by atoms with E-state index in [4.69, 9.17) is 4.74 Å². The molecule has 0 amide bonds. The predicted molar refractivity (Wildman–Crippen MR) is 84.6 cm³/mol. The van der Waals surface area contributed by atoms with Crippen molar-refractivity contribution in [2.45, 2.75) is 26.5 Å². The van der Waals surface area contributed by atoms with Crippen LogP contribution in [0.1, 0.15) is 30.7 Å². The molecule has 1 aromatic heterocycles. The minimum atomic E-state index is -0.703. The van der Waals surface area contributed by atoms with Gasteiger partial charge in [-0.05, 0) is 44.5 Å². The fourth-order valence-electron chi connectivity index (χ4n) is 2.35. The number of nitrogens with zero attached hydrogens (tertiary/aromatic N) is 2. The molecule has 0 spiro atoms. The quantitative estimate of drug-likeness (QED) is 0.587. The van der Waals surface area contributed by atoms with Gasteiger partial charge in [0.25, 0.3) is 0 Å². The summed E-state index contributed by atoms with van der Waals surface area (Å²) in [6, 6.07) is 9.22. The molecule has 0 radical (unpaired) electrons. The zero-order valence-electron chi connectivity index (χ0n) is 12.1. The first-order chi connectivity index (χ1) is 9.87. The zero-order chi connectivity index (χ0) is 15.2. The van der Waals surface area contributed by atoms with Crippen LogP contribution in [-0.2, 0) is 0 Å². The molecular weight excluding hydrogens is 332 g/mol. The summed E-state index contributed by atoms with van der Waals surface area (Å²) in [6.45, 7) is 5.76. The Balaban J connectivity index is 2.27. The van der Waals surface area contributed by atoms with Crippen molar-refractivity contribution in [2.24, 2.45) is 4.99 Å². The molecule has 0 atom stereocenters. The molecule has 108 valence electrons. The topological polar surface area (TPSA) is 48.5 Å². The number of pyridine rings is 1. The Morgan fingerprint density at radius 3 is 2.76 bits per heavy atom. The number of benzene rings is 1. The van der Waals surface area contributed by atoms with Gasteiger partial charge in [-0.1, -0.05) is 15.9 Å². The van der Waals surface area contributed by atoms with E-state index in [1.54, 1.807) is 12.1 Å². The van der Waals surface area contributed by atoms with Crippen molar-refractivity contribution in [3.05, 3.63) is 63.0 Å². The Hall–Kier alpha value is -1.88. The minimum absolute atomic E-state index is 0.519. The molecule has 0 fully saturated rings. The summed E-state index contributed by atoms with van der Waals surface area (Å²) in [5.74, 6) is 0.745. The van der Waals surface area contributed by atoms with E-state index in [0.29, 0.717) is 11.4 Å². The van der Waals surface area contributed by atoms with Crippen LogP contribution < -0.4 is 9.47 Å². The smallest absolute Gasteiger partial charge is 0.242 e. The second-order valence-electron chi connectivity index (χ2n) is 5.52. The maximum absolute atomic E-state index is 12.1. The van der Waals surface area contributed by atoms with Crippen LogP contribution in [0.3, 0.4) is 0 Å². The third-order valence-electron chi connectivity index (χ3n) is 3.32. The van der Waals surface area contributed by atoms with E-state index in [1.807, 2.05) is 39.0 Å². The normalized spacial score (nSPS) is 15.9. The summed E-state index contributed by atoms with van der Waals surface area (Å²) in [7, 11) is 0. The molecule has 1 aliphatic heterocycles. The number of hydrogen-bond acceptors (Lipinski definition) is 3. The van der Waals surface area contributed by atoms with Gasteiger partial charge < -0.3 is 9.94 Å². The monoisotopic (exact) mass is 346 g/mol. The van der Waals surface area contributed by atoms with E-state index in [1.165, 1.54) is 6.20 Å². The summed E-state index contributed by atoms with van der Waals surface area (Å²) in [5, 5.41) is 12.1. The summed E-state index contributed by atoms with van der Waals surface area (Å²) >= 11 is 3.53. The molecule has 0 saturated carbocycles. The molecule has 0 unspecified atom stereocenters. The van der Waals surface area contributed by atoms with Gasteiger partial charge in [0.2, 0.25) is 5.69 Å². The van der Waals surface area contributed by atoms with Crippen LogP contribution in [0, 0.1) is 12.1 Å². The lowest BCUT2D eigenvalue weighted by atomic mass is 10.0. The first kappa shape index (κ1) is 14.1. The lowest BCUT2D eigenvalue weighted by Gasteiger charge is -2.30. The first-order valence-corrected chi connectivity index (χ1v) is 7.45. The Morgan fingerprint density at radius 2 is 2.05 bits per heavy atom. The van der Waals surface area contributed by atoms with Crippen molar-refractivity contribution in [1.82, 2.24) is 0 Å². The molecule has 2 heterocycles. The number of halogens is 1. The van der Waals surface area contributed by atoms with Crippen LogP contribution in [0.5, 0.6) is 5.75 Å². The Labute approximate surface area is 131 Å². The standard InChI is InChI=1S/C16H15BrN2O2/c1-10-8-14-11(9-12(10)17)15(18-16(2,3)21-14)13-6-4-5-7-19(13)20/h4-9H,1-3H3. The van der Waals surface area contributed by atoms with Gasteiger partial charge in [0.1, 0.15) is 11.5 Å². The number of aliphatic imine (C=N–C) groups is 1. The second kappa shape index (κ2) is 4.84. The Bertz CT molecular complexity index is 754. The van der Waals surface area contributed by atoms with Crippen molar-refractivity contribution >= 4 is 21.6 Å². The third kappa shape index (κ3) is 2.53. The maximum Gasteiger partial charge on any atom is 0.242 e. The molecule has 0 N–H and O–H groups in total. The van der Waals surface area contributed by atoms with Gasteiger partial charge in [0.05, 0.1) is 5.56 Å². The van der Waals surface area contributed by atoms with E-state index >= 15 is 0 Å². The molecule has 2 aromatic rings. The van der Waals surface area contributed by atoms with Gasteiger partial charge in [0, 0.05) is 16.6 Å². The lowest BCUT2D eigenvalue weighted by Crippen LogP contribution is -2.39. The van der Waals surface area contributed by atoms with Crippen LogP contribution in [0.15, 0.2) is 46.0 Å². The molecule has 1 aliphatic rings. The van der Waals surface area contributed by atoms with Crippen LogP contribution in [0.25, 0.3) is 0 Å². The number of fused-ring (bicyclic) bond motifs is 1. The summed E-state index contributed by atoms with van der Waals surface area (Å²) < 4.78 is 7.72. The zero-order valence-corrected chi connectivity index (χ0v) is 13.6. The Kier molecular flexibility index (Phi) is 3.24. The second-order valence-corrected chi connectivity index (χ2v) is 6.37. The molecular formula is C16H15BrN2O2. The van der Waals surface area contributed by atoms with Crippen molar-refractivity contribution in [2.75, 3.05) is 0 Å². The number of rotatable bonds is 1. The van der Waals surface area contributed by atoms with Gasteiger partial charge in [-0.15, -0.1) is 0 Å². The first-order valence-electron chi connectivity index (χ1n) is 6.65. The maximum atomic E-state index is 12.1. The number of hydrogen-bond donors (Lipinski definition) is 0. The van der Waals surface area contributed by atoms with E-state index in [2.05, 4.69) is 20.9 Å². The van der Waals surface area contributed by atoms with Gasteiger partial charge >= 0.3 is 0 Å². The molecule has 3 rings (SSSR count). The highest BCUT2D eigenvalue weighted by atomic mass is 79.9. The SMILES string of the molecule is Cc1cc2c(cc1Br)C(c1cccc[n+]1[O-])=NC(C)(C)O2. The number of aryl methyl sites for hydroxylation is 1. The van der Waals surface area contributed by atoms with Crippen molar-refractivity contribution in [3.63, 3.8) is 0 Å². The van der Waals surface area contributed by atoms with Crippen LogP contribution >= 0.6 is 15.9 Å². The summed E-state index contributed by atoms with van der Waals surface area (Å²) in [4.78, 5) is 4.61. The van der Waals surface area contributed by atoms with E-state index in [0.717, 1.165) is 26.1 Å².